The van der Waals surface area contributed by atoms with Gasteiger partial charge in [0.2, 0.25) is 0 Å². The largest absolute Gasteiger partial charge is 0.465 e. The molecule has 1 aliphatic carbocycles. The van der Waals surface area contributed by atoms with E-state index in [2.05, 4.69) is 16.8 Å². The van der Waals surface area contributed by atoms with Crippen molar-refractivity contribution in [3.63, 3.8) is 0 Å². The highest BCUT2D eigenvalue weighted by atomic mass is 16.5. The van der Waals surface area contributed by atoms with Crippen molar-refractivity contribution in [1.29, 1.82) is 0 Å². The lowest BCUT2D eigenvalue weighted by Crippen LogP contribution is -2.12. The van der Waals surface area contributed by atoms with Crippen molar-refractivity contribution < 1.29 is 9.53 Å². The summed E-state index contributed by atoms with van der Waals surface area (Å²) in [6.07, 6.45) is 5.57. The van der Waals surface area contributed by atoms with Crippen LogP contribution in [-0.2, 0) is 10.3 Å². The van der Waals surface area contributed by atoms with Crippen LogP contribution in [0.2, 0.25) is 0 Å². The first-order valence-corrected chi connectivity index (χ1v) is 4.29. The van der Waals surface area contributed by atoms with Gasteiger partial charge in [-0.15, -0.1) is 0 Å². The second-order valence-electron chi connectivity index (χ2n) is 3.66. The lowest BCUT2D eigenvalue weighted by atomic mass is 10.3. The molecule has 4 heteroatoms. The van der Waals surface area contributed by atoms with Crippen molar-refractivity contribution in [2.24, 2.45) is 0 Å². The molecule has 0 spiro atoms. The van der Waals surface area contributed by atoms with E-state index in [4.69, 9.17) is 0 Å². The molecule has 0 N–H and O–H groups in total. The van der Waals surface area contributed by atoms with Gasteiger partial charge in [0.15, 0.2) is 0 Å². The Kier molecular flexibility index (Phi) is 1.65. The molecule has 1 fully saturated rings. The van der Waals surface area contributed by atoms with Crippen LogP contribution in [0.25, 0.3) is 0 Å². The Labute approximate surface area is 76.5 Å². The highest BCUT2D eigenvalue weighted by Crippen LogP contribution is 2.42. The van der Waals surface area contributed by atoms with Crippen LogP contribution in [0, 0.1) is 0 Å². The van der Waals surface area contributed by atoms with Crippen LogP contribution in [-0.4, -0.2) is 22.9 Å². The normalized spacial score (nSPS) is 18.3. The van der Waals surface area contributed by atoms with E-state index in [0.29, 0.717) is 5.56 Å². The molecule has 0 saturated heterocycles. The number of methoxy groups -OCH3 is 1. The van der Waals surface area contributed by atoms with E-state index in [0.717, 1.165) is 12.8 Å². The van der Waals surface area contributed by atoms with Gasteiger partial charge < -0.3 is 4.74 Å². The Hall–Kier alpha value is -1.32. The first kappa shape index (κ1) is 8.29. The topological polar surface area (TPSA) is 44.1 Å². The number of esters is 1. The molecule has 0 aliphatic heterocycles. The van der Waals surface area contributed by atoms with Crippen molar-refractivity contribution in [3.05, 3.63) is 18.0 Å². The first-order valence-electron chi connectivity index (χ1n) is 4.29. The predicted octanol–water partition coefficient (Wildman–Crippen LogP) is 1.18. The SMILES string of the molecule is COC(=O)c1cnn(C2(C)CC2)c1. The minimum absolute atomic E-state index is 0.145. The summed E-state index contributed by atoms with van der Waals surface area (Å²) in [6.45, 7) is 2.13. The fraction of sp³-hybridized carbons (Fsp3) is 0.556. The maximum Gasteiger partial charge on any atom is 0.341 e. The molecule has 4 nitrogen and oxygen atoms in total. The highest BCUT2D eigenvalue weighted by molar-refractivity contribution is 5.88. The van der Waals surface area contributed by atoms with Crippen LogP contribution in [0.4, 0.5) is 0 Å². The van der Waals surface area contributed by atoms with Crippen LogP contribution in [0.15, 0.2) is 12.4 Å². The summed E-state index contributed by atoms with van der Waals surface area (Å²) in [5.41, 5.74) is 0.669. The van der Waals surface area contributed by atoms with Crippen molar-refractivity contribution in [3.8, 4) is 0 Å². The molecule has 0 radical (unpaired) electrons. The van der Waals surface area contributed by atoms with Crippen molar-refractivity contribution in [2.45, 2.75) is 25.3 Å². The molecule has 0 atom stereocenters. The number of nitrogens with zero attached hydrogens (tertiary/aromatic N) is 2. The number of rotatable bonds is 2. The van der Waals surface area contributed by atoms with E-state index < -0.39 is 0 Å². The monoisotopic (exact) mass is 180 g/mol. The lowest BCUT2D eigenvalue weighted by Gasteiger charge is -2.07. The predicted molar refractivity (Wildman–Crippen MR) is 46.4 cm³/mol. The lowest BCUT2D eigenvalue weighted by molar-refractivity contribution is 0.0600. The Morgan fingerprint density at radius 3 is 2.92 bits per heavy atom. The summed E-state index contributed by atoms with van der Waals surface area (Å²) in [4.78, 5) is 11.1. The summed E-state index contributed by atoms with van der Waals surface area (Å²) in [5, 5.41) is 4.13. The van der Waals surface area contributed by atoms with Crippen LogP contribution in [0.5, 0.6) is 0 Å². The molecule has 2 rings (SSSR count). The first-order chi connectivity index (χ1) is 6.15. The third-order valence-electron chi connectivity index (χ3n) is 2.53. The van der Waals surface area contributed by atoms with Crippen molar-refractivity contribution in [2.75, 3.05) is 7.11 Å². The number of ether oxygens (including phenoxy) is 1. The van der Waals surface area contributed by atoms with E-state index >= 15 is 0 Å². The van der Waals surface area contributed by atoms with Crippen molar-refractivity contribution in [1.82, 2.24) is 9.78 Å². The van der Waals surface area contributed by atoms with Crippen LogP contribution in [0.1, 0.15) is 30.1 Å². The molecule has 0 amide bonds. The van der Waals surface area contributed by atoms with E-state index in [-0.39, 0.29) is 11.5 Å². The molecule has 1 saturated carbocycles. The number of aromatic nitrogens is 2. The number of hydrogen-bond acceptors (Lipinski definition) is 3. The van der Waals surface area contributed by atoms with Crippen LogP contribution in [0.3, 0.4) is 0 Å². The molecule has 1 aromatic rings. The second-order valence-corrected chi connectivity index (χ2v) is 3.66. The molecular formula is C9H12N2O2. The summed E-state index contributed by atoms with van der Waals surface area (Å²) in [6, 6.07) is 0. The quantitative estimate of drug-likeness (QED) is 0.642. The molecular weight excluding hydrogens is 168 g/mol. The van der Waals surface area contributed by atoms with Gasteiger partial charge in [0.05, 0.1) is 24.4 Å². The maximum absolute atomic E-state index is 11.1. The molecule has 0 unspecified atom stereocenters. The van der Waals surface area contributed by atoms with Crippen LogP contribution < -0.4 is 0 Å². The minimum Gasteiger partial charge on any atom is -0.465 e. The van der Waals surface area contributed by atoms with E-state index in [1.54, 1.807) is 12.4 Å². The summed E-state index contributed by atoms with van der Waals surface area (Å²) >= 11 is 0. The van der Waals surface area contributed by atoms with Gasteiger partial charge in [0.1, 0.15) is 0 Å². The second kappa shape index (κ2) is 2.58. The average Bonchev–Trinajstić information content (AvgIpc) is 2.72. The molecule has 0 bridgehead atoms. The van der Waals surface area contributed by atoms with Gasteiger partial charge >= 0.3 is 5.97 Å². The smallest absolute Gasteiger partial charge is 0.341 e. The Bertz CT molecular complexity index is 339. The van der Waals surface area contributed by atoms with Gasteiger partial charge in [-0.05, 0) is 19.8 Å². The van der Waals surface area contributed by atoms with Gasteiger partial charge in [-0.1, -0.05) is 0 Å². The van der Waals surface area contributed by atoms with E-state index in [9.17, 15) is 4.79 Å². The molecule has 70 valence electrons. The molecule has 1 aromatic heterocycles. The third kappa shape index (κ3) is 1.32. The molecule has 0 aromatic carbocycles. The zero-order valence-electron chi connectivity index (χ0n) is 7.78. The van der Waals surface area contributed by atoms with E-state index in [1.807, 2.05) is 4.68 Å². The van der Waals surface area contributed by atoms with Gasteiger partial charge in [-0.3, -0.25) is 4.68 Å². The fourth-order valence-electron chi connectivity index (χ4n) is 1.25. The Morgan fingerprint density at radius 2 is 2.38 bits per heavy atom. The third-order valence-corrected chi connectivity index (χ3v) is 2.53. The van der Waals surface area contributed by atoms with Gasteiger partial charge in [0.25, 0.3) is 0 Å². The molecule has 1 aliphatic rings. The fourth-order valence-corrected chi connectivity index (χ4v) is 1.25. The van der Waals surface area contributed by atoms with Crippen molar-refractivity contribution >= 4 is 5.97 Å². The summed E-state index contributed by atoms with van der Waals surface area (Å²) < 4.78 is 6.44. The number of hydrogen-bond donors (Lipinski definition) is 0. The number of carbonyl (C=O) groups is 1. The minimum atomic E-state index is -0.324. The standard InChI is InChI=1S/C9H12N2O2/c1-9(3-4-9)11-6-7(5-10-11)8(12)13-2/h5-6H,3-4H2,1-2H3. The van der Waals surface area contributed by atoms with E-state index in [1.165, 1.54) is 7.11 Å². The Morgan fingerprint density at radius 1 is 1.69 bits per heavy atom. The van der Waals surface area contributed by atoms with Gasteiger partial charge in [-0.2, -0.15) is 5.10 Å². The average molecular weight is 180 g/mol. The highest BCUT2D eigenvalue weighted by Gasteiger charge is 2.40. The number of carbonyl (C=O) groups excluding carboxylic acids is 1. The zero-order valence-corrected chi connectivity index (χ0v) is 7.78. The zero-order chi connectivity index (χ0) is 9.47. The molecule has 13 heavy (non-hydrogen) atoms. The maximum atomic E-state index is 11.1. The van der Waals surface area contributed by atoms with Gasteiger partial charge in [0, 0.05) is 6.20 Å². The Balaban J connectivity index is 2.23. The molecule has 1 heterocycles. The summed E-state index contributed by atoms with van der Waals surface area (Å²) in [7, 11) is 1.37. The van der Waals surface area contributed by atoms with Gasteiger partial charge in [-0.25, -0.2) is 4.79 Å². The van der Waals surface area contributed by atoms with Crippen LogP contribution >= 0.6 is 0 Å². The summed E-state index contributed by atoms with van der Waals surface area (Å²) in [5.74, 6) is -0.324.